The van der Waals surface area contributed by atoms with Crippen molar-refractivity contribution < 1.29 is 24.9 Å². The van der Waals surface area contributed by atoms with Crippen LogP contribution in [0.2, 0.25) is 0 Å². The van der Waals surface area contributed by atoms with Gasteiger partial charge >= 0.3 is 11.9 Å². The fourth-order valence-electron chi connectivity index (χ4n) is 3.41. The van der Waals surface area contributed by atoms with Gasteiger partial charge in [-0.15, -0.1) is 0 Å². The van der Waals surface area contributed by atoms with Crippen LogP contribution in [0.5, 0.6) is 0 Å². The van der Waals surface area contributed by atoms with Gasteiger partial charge in [-0.2, -0.15) is 0 Å². The van der Waals surface area contributed by atoms with Crippen LogP contribution in [0.15, 0.2) is 30.3 Å². The van der Waals surface area contributed by atoms with Crippen molar-refractivity contribution in [3.63, 3.8) is 0 Å². The van der Waals surface area contributed by atoms with Gasteiger partial charge in [-0.25, -0.2) is 0 Å². The van der Waals surface area contributed by atoms with E-state index in [4.69, 9.17) is 10.2 Å². The number of carboxylic acids is 2. The zero-order valence-electron chi connectivity index (χ0n) is 16.2. The number of likely N-dealkylation sites (N-methyl/N-ethyl adjacent to an activating group) is 1. The van der Waals surface area contributed by atoms with Gasteiger partial charge in [0.05, 0.1) is 17.4 Å². The molecular formula is C20H31NO5. The predicted molar refractivity (Wildman–Crippen MR) is 99.8 cm³/mol. The number of aliphatic hydroxyl groups excluding tert-OH is 1. The highest BCUT2D eigenvalue weighted by Crippen LogP contribution is 2.56. The van der Waals surface area contributed by atoms with E-state index >= 15 is 0 Å². The number of carbonyl (C=O) groups is 2. The summed E-state index contributed by atoms with van der Waals surface area (Å²) in [6.07, 6.45) is 0.466. The Morgan fingerprint density at radius 1 is 1.15 bits per heavy atom. The summed E-state index contributed by atoms with van der Waals surface area (Å²) in [6.45, 7) is 7.05. The van der Waals surface area contributed by atoms with Crippen LogP contribution in [0.3, 0.4) is 0 Å². The maximum atomic E-state index is 11.1. The number of benzene rings is 1. The van der Waals surface area contributed by atoms with Crippen molar-refractivity contribution in [1.82, 2.24) is 5.32 Å². The first-order valence-corrected chi connectivity index (χ1v) is 8.85. The molecule has 0 heterocycles. The molecule has 4 atom stereocenters. The van der Waals surface area contributed by atoms with Crippen molar-refractivity contribution in [3.8, 4) is 0 Å². The second-order valence-electron chi connectivity index (χ2n) is 7.72. The molecule has 1 aliphatic rings. The number of carboxylic acid groups (broad SMARTS) is 2. The van der Waals surface area contributed by atoms with E-state index in [0.29, 0.717) is 12.8 Å². The van der Waals surface area contributed by atoms with Crippen LogP contribution >= 0.6 is 0 Å². The van der Waals surface area contributed by atoms with Crippen LogP contribution in [0, 0.1) is 16.7 Å². The highest BCUT2D eigenvalue weighted by atomic mass is 16.4. The second-order valence-corrected chi connectivity index (χ2v) is 7.72. The van der Waals surface area contributed by atoms with Gasteiger partial charge in [0.15, 0.2) is 0 Å². The monoisotopic (exact) mass is 365 g/mol. The normalized spacial score (nSPS) is 26.3. The van der Waals surface area contributed by atoms with E-state index in [0.717, 1.165) is 5.56 Å². The summed E-state index contributed by atoms with van der Waals surface area (Å²) in [5.41, 5.74) is -0.653. The van der Waals surface area contributed by atoms with Crippen molar-refractivity contribution in [1.29, 1.82) is 0 Å². The lowest BCUT2D eigenvalue weighted by Crippen LogP contribution is -2.42. The molecule has 6 heteroatoms. The van der Waals surface area contributed by atoms with Gasteiger partial charge < -0.3 is 20.6 Å². The first-order chi connectivity index (χ1) is 12.0. The number of aliphatic hydroxyl groups is 1. The number of nitrogens with one attached hydrogen (secondary N) is 1. The lowest BCUT2D eigenvalue weighted by Gasteiger charge is -2.36. The van der Waals surface area contributed by atoms with E-state index in [9.17, 15) is 14.7 Å². The molecule has 1 aromatic rings. The Bertz CT molecular complexity index is 616. The van der Waals surface area contributed by atoms with Crippen molar-refractivity contribution in [3.05, 3.63) is 35.9 Å². The van der Waals surface area contributed by atoms with E-state index in [-0.39, 0.29) is 6.04 Å². The van der Waals surface area contributed by atoms with Crippen molar-refractivity contribution in [2.45, 2.75) is 52.7 Å². The summed E-state index contributed by atoms with van der Waals surface area (Å²) in [6, 6.07) is 9.76. The van der Waals surface area contributed by atoms with Crippen LogP contribution in [-0.2, 0) is 9.59 Å². The molecule has 1 aliphatic carbocycles. The number of hydrogen-bond donors (Lipinski definition) is 4. The molecule has 0 aliphatic heterocycles. The molecule has 1 saturated carbocycles. The van der Waals surface area contributed by atoms with Crippen LogP contribution < -0.4 is 5.32 Å². The SMILES string of the molecule is CC1(C(=O)O)CCC(C(=O)O)C1(C)C.CNC(C)C(O)c1ccccc1. The van der Waals surface area contributed by atoms with Gasteiger partial charge in [0.1, 0.15) is 0 Å². The van der Waals surface area contributed by atoms with Crippen molar-refractivity contribution >= 4 is 11.9 Å². The summed E-state index contributed by atoms with van der Waals surface area (Å²) >= 11 is 0. The smallest absolute Gasteiger partial charge is 0.309 e. The fraction of sp³-hybridized carbons (Fsp3) is 0.600. The number of aliphatic carboxylic acids is 2. The molecule has 0 amide bonds. The average molecular weight is 365 g/mol. The Hall–Kier alpha value is -1.92. The summed E-state index contributed by atoms with van der Waals surface area (Å²) in [5, 5.41) is 30.8. The molecule has 1 fully saturated rings. The third kappa shape index (κ3) is 4.43. The van der Waals surface area contributed by atoms with E-state index < -0.39 is 34.8 Å². The first-order valence-electron chi connectivity index (χ1n) is 8.85. The molecule has 146 valence electrons. The minimum Gasteiger partial charge on any atom is -0.481 e. The fourth-order valence-corrected chi connectivity index (χ4v) is 3.41. The van der Waals surface area contributed by atoms with Crippen LogP contribution in [0.4, 0.5) is 0 Å². The molecular weight excluding hydrogens is 334 g/mol. The summed E-state index contributed by atoms with van der Waals surface area (Å²) < 4.78 is 0. The van der Waals surface area contributed by atoms with Gasteiger partial charge in [0, 0.05) is 6.04 Å². The number of rotatable bonds is 5. The van der Waals surface area contributed by atoms with Crippen LogP contribution in [-0.4, -0.2) is 40.3 Å². The molecule has 4 N–H and O–H groups in total. The van der Waals surface area contributed by atoms with Crippen molar-refractivity contribution in [2.75, 3.05) is 7.05 Å². The Morgan fingerprint density at radius 3 is 2.04 bits per heavy atom. The standard InChI is InChI=1S/C10H15NO.C10H16O4/c1-8(11-2)10(12)9-6-4-3-5-7-9;1-9(2)6(7(11)12)4-5-10(9,3)8(13)14/h3-8,10-12H,1-2H3;6H,4-5H2,1-3H3,(H,11,12)(H,13,14). The Kier molecular flexibility index (Phi) is 7.35. The van der Waals surface area contributed by atoms with Crippen LogP contribution in [0.1, 0.15) is 52.2 Å². The molecule has 2 rings (SSSR count). The maximum absolute atomic E-state index is 11.1. The molecule has 6 nitrogen and oxygen atoms in total. The van der Waals surface area contributed by atoms with E-state index in [2.05, 4.69) is 5.32 Å². The minimum atomic E-state index is -0.921. The lowest BCUT2D eigenvalue weighted by atomic mass is 9.66. The lowest BCUT2D eigenvalue weighted by molar-refractivity contribution is -0.157. The average Bonchev–Trinajstić information content (AvgIpc) is 2.85. The highest BCUT2D eigenvalue weighted by Gasteiger charge is 2.58. The van der Waals surface area contributed by atoms with E-state index in [1.54, 1.807) is 20.8 Å². The molecule has 0 saturated heterocycles. The van der Waals surface area contributed by atoms with Crippen LogP contribution in [0.25, 0.3) is 0 Å². The second kappa shape index (κ2) is 8.64. The van der Waals surface area contributed by atoms with Gasteiger partial charge in [0.2, 0.25) is 0 Å². The Morgan fingerprint density at radius 2 is 1.69 bits per heavy atom. The predicted octanol–water partition coefficient (Wildman–Crippen LogP) is 2.93. The van der Waals surface area contributed by atoms with E-state index in [1.807, 2.05) is 44.3 Å². The van der Waals surface area contributed by atoms with Crippen molar-refractivity contribution in [2.24, 2.45) is 16.7 Å². The third-order valence-electron chi connectivity index (χ3n) is 6.07. The Balaban J connectivity index is 0.000000263. The third-order valence-corrected chi connectivity index (χ3v) is 6.07. The molecule has 1 aromatic carbocycles. The minimum absolute atomic E-state index is 0.0902. The van der Waals surface area contributed by atoms with Gasteiger partial charge in [-0.3, -0.25) is 9.59 Å². The van der Waals surface area contributed by atoms with Gasteiger partial charge in [-0.05, 0) is 44.7 Å². The quantitative estimate of drug-likeness (QED) is 0.639. The topological polar surface area (TPSA) is 107 Å². The molecule has 0 spiro atoms. The molecule has 0 bridgehead atoms. The summed E-state index contributed by atoms with van der Waals surface area (Å²) in [4.78, 5) is 22.0. The molecule has 0 radical (unpaired) electrons. The summed E-state index contributed by atoms with van der Waals surface area (Å²) in [7, 11) is 1.84. The molecule has 26 heavy (non-hydrogen) atoms. The summed E-state index contributed by atoms with van der Waals surface area (Å²) in [5.74, 6) is -2.34. The molecule has 4 unspecified atom stereocenters. The van der Waals surface area contributed by atoms with E-state index in [1.165, 1.54) is 0 Å². The number of hydrogen-bond acceptors (Lipinski definition) is 4. The highest BCUT2D eigenvalue weighted by molar-refractivity contribution is 5.80. The zero-order chi connectivity index (χ0) is 20.1. The first kappa shape index (κ1) is 22.1. The van der Waals surface area contributed by atoms with Gasteiger partial charge in [0.25, 0.3) is 0 Å². The Labute approximate surface area is 155 Å². The maximum Gasteiger partial charge on any atom is 0.309 e. The zero-order valence-corrected chi connectivity index (χ0v) is 16.2. The largest absolute Gasteiger partial charge is 0.481 e. The molecule has 0 aromatic heterocycles. The van der Waals surface area contributed by atoms with Gasteiger partial charge in [-0.1, -0.05) is 44.2 Å².